The van der Waals surface area contributed by atoms with E-state index in [-0.39, 0.29) is 11.9 Å². The molecule has 0 bridgehead atoms. The fourth-order valence-electron chi connectivity index (χ4n) is 2.90. The first-order valence-electron chi connectivity index (χ1n) is 8.42. The maximum absolute atomic E-state index is 12.4. The molecule has 0 aliphatic carbocycles. The number of benzene rings is 1. The lowest BCUT2D eigenvalue weighted by atomic mass is 10.1. The van der Waals surface area contributed by atoms with E-state index in [1.807, 2.05) is 36.1 Å². The predicted molar refractivity (Wildman–Crippen MR) is 98.7 cm³/mol. The first kappa shape index (κ1) is 17.6. The van der Waals surface area contributed by atoms with Crippen molar-refractivity contribution in [3.8, 4) is 0 Å². The predicted octanol–water partition coefficient (Wildman–Crippen LogP) is 2.13. The molecule has 132 valence electrons. The van der Waals surface area contributed by atoms with E-state index in [9.17, 15) is 4.79 Å². The maximum atomic E-state index is 12.4. The molecule has 3 rings (SSSR count). The monoisotopic (exact) mass is 359 g/mol. The third-order valence-corrected chi connectivity index (χ3v) is 4.74. The molecule has 1 atom stereocenters. The van der Waals surface area contributed by atoms with Gasteiger partial charge in [-0.15, -0.1) is 0 Å². The molecule has 1 aromatic carbocycles. The average Bonchev–Trinajstić information content (AvgIpc) is 2.67. The van der Waals surface area contributed by atoms with E-state index in [2.05, 4.69) is 20.2 Å². The smallest absolute Gasteiger partial charge is 0.236 e. The quantitative estimate of drug-likeness (QED) is 0.886. The molecule has 1 N–H and O–H groups in total. The summed E-state index contributed by atoms with van der Waals surface area (Å²) >= 11 is 6.20. The van der Waals surface area contributed by atoms with Gasteiger partial charge in [0.1, 0.15) is 0 Å². The summed E-state index contributed by atoms with van der Waals surface area (Å²) in [6.45, 7) is 5.16. The van der Waals surface area contributed by atoms with Crippen LogP contribution in [0.15, 0.2) is 42.7 Å². The van der Waals surface area contributed by atoms with Gasteiger partial charge in [0.05, 0.1) is 6.54 Å². The molecule has 7 heteroatoms. The molecule has 1 fully saturated rings. The van der Waals surface area contributed by atoms with Crippen molar-refractivity contribution in [3.63, 3.8) is 0 Å². The number of amides is 1. The van der Waals surface area contributed by atoms with Gasteiger partial charge in [-0.2, -0.15) is 0 Å². The minimum absolute atomic E-state index is 0.0247. The molecular formula is C18H22ClN5O. The van der Waals surface area contributed by atoms with Crippen molar-refractivity contribution >= 4 is 23.5 Å². The van der Waals surface area contributed by atoms with Gasteiger partial charge in [-0.3, -0.25) is 4.79 Å². The largest absolute Gasteiger partial charge is 0.338 e. The van der Waals surface area contributed by atoms with Crippen LogP contribution in [0.5, 0.6) is 0 Å². The number of piperazine rings is 1. The van der Waals surface area contributed by atoms with Crippen molar-refractivity contribution in [1.29, 1.82) is 0 Å². The lowest BCUT2D eigenvalue weighted by Crippen LogP contribution is -2.51. The number of carbonyl (C=O) groups is 1. The molecule has 2 heterocycles. The molecule has 1 aromatic heterocycles. The summed E-state index contributed by atoms with van der Waals surface area (Å²) in [7, 11) is 0. The van der Waals surface area contributed by atoms with Gasteiger partial charge in [-0.1, -0.05) is 29.8 Å². The van der Waals surface area contributed by atoms with Crippen LogP contribution in [0.3, 0.4) is 0 Å². The van der Waals surface area contributed by atoms with Crippen LogP contribution in [0.4, 0.5) is 5.95 Å². The van der Waals surface area contributed by atoms with Crippen LogP contribution in [0, 0.1) is 0 Å². The Morgan fingerprint density at radius 2 is 1.84 bits per heavy atom. The van der Waals surface area contributed by atoms with Crippen molar-refractivity contribution in [2.45, 2.75) is 13.0 Å². The number of nitrogens with zero attached hydrogens (tertiary/aromatic N) is 4. The van der Waals surface area contributed by atoms with Crippen molar-refractivity contribution in [2.75, 3.05) is 37.6 Å². The lowest BCUT2D eigenvalue weighted by molar-refractivity contribution is -0.130. The number of nitrogens with one attached hydrogen (secondary N) is 1. The number of hydrogen-bond acceptors (Lipinski definition) is 5. The second-order valence-electron chi connectivity index (χ2n) is 6.04. The van der Waals surface area contributed by atoms with Gasteiger partial charge in [0, 0.05) is 49.6 Å². The van der Waals surface area contributed by atoms with E-state index >= 15 is 0 Å². The second-order valence-corrected chi connectivity index (χ2v) is 6.45. The van der Waals surface area contributed by atoms with Gasteiger partial charge in [-0.25, -0.2) is 9.97 Å². The third kappa shape index (κ3) is 4.46. The lowest BCUT2D eigenvalue weighted by Gasteiger charge is -2.35. The molecule has 1 amide bonds. The summed E-state index contributed by atoms with van der Waals surface area (Å²) < 4.78 is 0. The first-order chi connectivity index (χ1) is 12.1. The Morgan fingerprint density at radius 3 is 2.52 bits per heavy atom. The van der Waals surface area contributed by atoms with Gasteiger partial charge >= 0.3 is 0 Å². The molecule has 1 saturated heterocycles. The fraction of sp³-hybridized carbons (Fsp3) is 0.389. The average molecular weight is 360 g/mol. The van der Waals surface area contributed by atoms with Crippen molar-refractivity contribution in [2.24, 2.45) is 0 Å². The third-order valence-electron chi connectivity index (χ3n) is 4.40. The van der Waals surface area contributed by atoms with Gasteiger partial charge in [0.15, 0.2) is 0 Å². The number of halogens is 1. The Bertz CT molecular complexity index is 704. The highest BCUT2D eigenvalue weighted by atomic mass is 35.5. The number of hydrogen-bond donors (Lipinski definition) is 1. The van der Waals surface area contributed by atoms with Crippen molar-refractivity contribution < 1.29 is 4.79 Å². The van der Waals surface area contributed by atoms with Gasteiger partial charge in [-0.05, 0) is 24.6 Å². The van der Waals surface area contributed by atoms with Crippen LogP contribution >= 0.6 is 11.6 Å². The molecule has 0 spiro atoms. The number of anilines is 1. The molecule has 1 aliphatic rings. The topological polar surface area (TPSA) is 61.4 Å². The Balaban J connectivity index is 1.47. The molecule has 0 saturated carbocycles. The Morgan fingerprint density at radius 1 is 1.16 bits per heavy atom. The summed E-state index contributed by atoms with van der Waals surface area (Å²) in [6, 6.07) is 9.52. The highest BCUT2D eigenvalue weighted by Gasteiger charge is 2.22. The normalized spacial score (nSPS) is 15.9. The summed E-state index contributed by atoms with van der Waals surface area (Å²) in [6.07, 6.45) is 3.47. The van der Waals surface area contributed by atoms with E-state index in [1.165, 1.54) is 0 Å². The molecule has 0 unspecified atom stereocenters. The van der Waals surface area contributed by atoms with E-state index in [4.69, 9.17) is 11.6 Å². The Kier molecular flexibility index (Phi) is 5.83. The Labute approximate surface area is 152 Å². The van der Waals surface area contributed by atoms with Gasteiger partial charge in [0.25, 0.3) is 0 Å². The van der Waals surface area contributed by atoms with Crippen molar-refractivity contribution in [1.82, 2.24) is 20.2 Å². The zero-order valence-corrected chi connectivity index (χ0v) is 15.0. The summed E-state index contributed by atoms with van der Waals surface area (Å²) in [4.78, 5) is 24.9. The maximum Gasteiger partial charge on any atom is 0.236 e. The second kappa shape index (κ2) is 8.27. The van der Waals surface area contributed by atoms with Crippen LogP contribution in [-0.4, -0.2) is 53.5 Å². The van der Waals surface area contributed by atoms with E-state index in [0.29, 0.717) is 24.7 Å². The van der Waals surface area contributed by atoms with Crippen molar-refractivity contribution in [3.05, 3.63) is 53.3 Å². The van der Waals surface area contributed by atoms with Crippen LogP contribution in [0.25, 0.3) is 0 Å². The zero-order valence-electron chi connectivity index (χ0n) is 14.2. The molecule has 2 aromatic rings. The molecule has 1 aliphatic heterocycles. The molecular weight excluding hydrogens is 338 g/mol. The summed E-state index contributed by atoms with van der Waals surface area (Å²) in [5.74, 6) is 0.826. The van der Waals surface area contributed by atoms with E-state index < -0.39 is 0 Å². The molecule has 0 radical (unpaired) electrons. The SMILES string of the molecule is C[C@@H](NCC(=O)N1CCN(c2ncccn2)CC1)c1ccccc1Cl. The minimum atomic E-state index is 0.0247. The highest BCUT2D eigenvalue weighted by Crippen LogP contribution is 2.21. The van der Waals surface area contributed by atoms with Crippen LogP contribution < -0.4 is 10.2 Å². The summed E-state index contributed by atoms with van der Waals surface area (Å²) in [5.41, 5.74) is 1.00. The van der Waals surface area contributed by atoms with E-state index in [0.717, 1.165) is 24.6 Å². The van der Waals surface area contributed by atoms with Crippen LogP contribution in [0.2, 0.25) is 5.02 Å². The molecule has 25 heavy (non-hydrogen) atoms. The van der Waals surface area contributed by atoms with Crippen LogP contribution in [-0.2, 0) is 4.79 Å². The highest BCUT2D eigenvalue weighted by molar-refractivity contribution is 6.31. The van der Waals surface area contributed by atoms with E-state index in [1.54, 1.807) is 18.5 Å². The number of carbonyl (C=O) groups excluding carboxylic acids is 1. The Hall–Kier alpha value is -2.18. The number of aromatic nitrogens is 2. The minimum Gasteiger partial charge on any atom is -0.338 e. The first-order valence-corrected chi connectivity index (χ1v) is 8.80. The van der Waals surface area contributed by atoms with Gasteiger partial charge in [0.2, 0.25) is 11.9 Å². The number of rotatable bonds is 5. The van der Waals surface area contributed by atoms with Crippen LogP contribution in [0.1, 0.15) is 18.5 Å². The van der Waals surface area contributed by atoms with Gasteiger partial charge < -0.3 is 15.1 Å². The summed E-state index contributed by atoms with van der Waals surface area (Å²) in [5, 5.41) is 3.98. The standard InChI is InChI=1S/C18H22ClN5O/c1-14(15-5-2-3-6-16(15)19)22-13-17(25)23-9-11-24(12-10-23)18-20-7-4-8-21-18/h2-8,14,22H,9-13H2,1H3/t14-/m1/s1. The molecule has 6 nitrogen and oxygen atoms in total. The zero-order chi connectivity index (χ0) is 17.6. The fourth-order valence-corrected chi connectivity index (χ4v) is 3.20.